The third-order valence-electron chi connectivity index (χ3n) is 2.14. The Morgan fingerprint density at radius 1 is 1.33 bits per heavy atom. The molecule has 0 spiro atoms. The molecule has 1 rings (SSSR count). The molecule has 0 unspecified atom stereocenters. The summed E-state index contributed by atoms with van der Waals surface area (Å²) in [5, 5.41) is 0.850. The van der Waals surface area contributed by atoms with Crippen LogP contribution in [0, 0.1) is 0 Å². The summed E-state index contributed by atoms with van der Waals surface area (Å²) in [7, 11) is 0. The molecule has 1 aromatic carbocycles. The van der Waals surface area contributed by atoms with Crippen molar-refractivity contribution in [1.29, 1.82) is 0 Å². The van der Waals surface area contributed by atoms with Gasteiger partial charge in [-0.25, -0.2) is 4.79 Å². The summed E-state index contributed by atoms with van der Waals surface area (Å²) in [6, 6.07) is 4.80. The first kappa shape index (κ1) is 14.7. The molecule has 5 heteroatoms. The van der Waals surface area contributed by atoms with Gasteiger partial charge in [0.1, 0.15) is 5.57 Å². The third kappa shape index (κ3) is 3.86. The van der Waals surface area contributed by atoms with Crippen molar-refractivity contribution in [1.82, 2.24) is 0 Å². The fourth-order valence-corrected chi connectivity index (χ4v) is 1.75. The molecule has 0 heterocycles. The van der Waals surface area contributed by atoms with Crippen molar-refractivity contribution < 1.29 is 14.3 Å². The van der Waals surface area contributed by atoms with Crippen LogP contribution in [0.3, 0.4) is 0 Å². The molecule has 0 N–H and O–H groups in total. The maximum Gasteiger partial charge on any atom is 0.341 e. The number of halogens is 2. The highest BCUT2D eigenvalue weighted by atomic mass is 35.5. The van der Waals surface area contributed by atoms with E-state index in [4.69, 9.17) is 27.9 Å². The average molecular weight is 287 g/mol. The third-order valence-corrected chi connectivity index (χ3v) is 2.70. The van der Waals surface area contributed by atoms with Crippen LogP contribution in [-0.2, 0) is 14.3 Å². The normalized spacial score (nSPS) is 11.2. The molecule has 0 aliphatic heterocycles. The molecule has 18 heavy (non-hydrogen) atoms. The number of benzene rings is 1. The predicted molar refractivity (Wildman–Crippen MR) is 71.8 cm³/mol. The molecule has 0 saturated carbocycles. The second-order valence-electron chi connectivity index (χ2n) is 3.50. The zero-order valence-electron chi connectivity index (χ0n) is 10.00. The van der Waals surface area contributed by atoms with Crippen molar-refractivity contribution in [3.8, 4) is 0 Å². The summed E-state index contributed by atoms with van der Waals surface area (Å²) in [6.07, 6.45) is 1.40. The lowest BCUT2D eigenvalue weighted by atomic mass is 10.1. The van der Waals surface area contributed by atoms with Gasteiger partial charge in [-0.05, 0) is 37.6 Å². The molecule has 0 bridgehead atoms. The van der Waals surface area contributed by atoms with Gasteiger partial charge in [-0.1, -0.05) is 29.3 Å². The first-order chi connectivity index (χ1) is 8.45. The van der Waals surface area contributed by atoms with Gasteiger partial charge in [-0.2, -0.15) is 0 Å². The van der Waals surface area contributed by atoms with Gasteiger partial charge in [0, 0.05) is 10.0 Å². The summed E-state index contributed by atoms with van der Waals surface area (Å²) < 4.78 is 4.80. The maximum absolute atomic E-state index is 11.6. The van der Waals surface area contributed by atoms with E-state index in [0.717, 1.165) is 0 Å². The fourth-order valence-electron chi connectivity index (χ4n) is 1.29. The smallest absolute Gasteiger partial charge is 0.341 e. The quantitative estimate of drug-likeness (QED) is 0.368. The van der Waals surface area contributed by atoms with Crippen molar-refractivity contribution in [3.63, 3.8) is 0 Å². The fraction of sp³-hybridized carbons (Fsp3) is 0.231. The van der Waals surface area contributed by atoms with Crippen LogP contribution in [-0.4, -0.2) is 18.4 Å². The monoisotopic (exact) mass is 286 g/mol. The van der Waals surface area contributed by atoms with Crippen molar-refractivity contribution >= 4 is 41.0 Å². The van der Waals surface area contributed by atoms with Gasteiger partial charge in [0.25, 0.3) is 0 Å². The van der Waals surface area contributed by atoms with Gasteiger partial charge in [0.05, 0.1) is 6.61 Å². The van der Waals surface area contributed by atoms with Gasteiger partial charge in [-0.3, -0.25) is 4.79 Å². The summed E-state index contributed by atoms with van der Waals surface area (Å²) >= 11 is 11.7. The largest absolute Gasteiger partial charge is 0.462 e. The zero-order valence-corrected chi connectivity index (χ0v) is 11.5. The van der Waals surface area contributed by atoms with E-state index in [1.54, 1.807) is 19.1 Å². The Kier molecular flexibility index (Phi) is 5.38. The van der Waals surface area contributed by atoms with Gasteiger partial charge < -0.3 is 4.74 Å². The molecule has 0 atom stereocenters. The molecule has 0 aromatic heterocycles. The van der Waals surface area contributed by atoms with Gasteiger partial charge in [-0.15, -0.1) is 0 Å². The minimum absolute atomic E-state index is 0.0407. The van der Waals surface area contributed by atoms with Crippen LogP contribution in [0.25, 0.3) is 6.08 Å². The van der Waals surface area contributed by atoms with Crippen LogP contribution in [0.2, 0.25) is 10.0 Å². The highest BCUT2D eigenvalue weighted by Crippen LogP contribution is 2.23. The van der Waals surface area contributed by atoms with Crippen LogP contribution in [0.5, 0.6) is 0 Å². The molecule has 0 amide bonds. The van der Waals surface area contributed by atoms with E-state index in [2.05, 4.69) is 0 Å². The first-order valence-corrected chi connectivity index (χ1v) is 6.06. The van der Waals surface area contributed by atoms with Crippen LogP contribution in [0.15, 0.2) is 23.8 Å². The van der Waals surface area contributed by atoms with E-state index >= 15 is 0 Å². The number of rotatable bonds is 4. The van der Waals surface area contributed by atoms with Crippen molar-refractivity contribution in [2.24, 2.45) is 0 Å². The summed E-state index contributed by atoms with van der Waals surface area (Å²) in [5.74, 6) is -1.03. The Hall–Kier alpha value is -1.32. The number of carbonyl (C=O) groups excluding carboxylic acids is 2. The first-order valence-electron chi connectivity index (χ1n) is 5.30. The zero-order chi connectivity index (χ0) is 13.7. The highest BCUT2D eigenvalue weighted by molar-refractivity contribution is 6.35. The molecular weight excluding hydrogens is 275 g/mol. The van der Waals surface area contributed by atoms with Crippen molar-refractivity contribution in [2.45, 2.75) is 13.8 Å². The summed E-state index contributed by atoms with van der Waals surface area (Å²) in [4.78, 5) is 23.0. The molecule has 0 aliphatic carbocycles. The molecule has 0 radical (unpaired) electrons. The number of hydrogen-bond donors (Lipinski definition) is 0. The van der Waals surface area contributed by atoms with E-state index in [1.165, 1.54) is 19.1 Å². The number of ketones is 1. The molecule has 0 saturated heterocycles. The maximum atomic E-state index is 11.6. The topological polar surface area (TPSA) is 43.4 Å². The predicted octanol–water partition coefficient (Wildman–Crippen LogP) is 3.53. The summed E-state index contributed by atoms with van der Waals surface area (Å²) in [5.41, 5.74) is 0.500. The van der Waals surface area contributed by atoms with Crippen molar-refractivity contribution in [2.75, 3.05) is 6.61 Å². The average Bonchev–Trinajstić information content (AvgIpc) is 2.27. The van der Waals surface area contributed by atoms with E-state index in [1.807, 2.05) is 0 Å². The SMILES string of the molecule is CCOC(=O)/C(=C/c1ccc(Cl)cc1Cl)C(C)=O. The Morgan fingerprint density at radius 3 is 2.50 bits per heavy atom. The van der Waals surface area contributed by atoms with Crippen LogP contribution in [0.1, 0.15) is 19.4 Å². The van der Waals surface area contributed by atoms with E-state index < -0.39 is 5.97 Å². The van der Waals surface area contributed by atoms with Crippen LogP contribution >= 0.6 is 23.2 Å². The second-order valence-corrected chi connectivity index (χ2v) is 4.34. The number of ether oxygens (including phenoxy) is 1. The lowest BCUT2D eigenvalue weighted by molar-refractivity contribution is -0.139. The van der Waals surface area contributed by atoms with E-state index in [-0.39, 0.29) is 18.0 Å². The minimum atomic E-state index is -0.656. The Bertz CT molecular complexity index is 507. The standard InChI is InChI=1S/C13H12Cl2O3/c1-3-18-13(17)11(8(2)16)6-9-4-5-10(14)7-12(9)15/h4-7H,3H2,1-2H3/b11-6+. The number of carbonyl (C=O) groups is 2. The molecule has 0 aliphatic rings. The number of hydrogen-bond acceptors (Lipinski definition) is 3. The van der Waals surface area contributed by atoms with Gasteiger partial charge in [0.15, 0.2) is 5.78 Å². The van der Waals surface area contributed by atoms with Crippen LogP contribution in [0.4, 0.5) is 0 Å². The Labute approximate surface area is 115 Å². The number of Topliss-reactive ketones (excluding diaryl/α,β-unsaturated/α-hetero) is 1. The van der Waals surface area contributed by atoms with E-state index in [9.17, 15) is 9.59 Å². The lowest BCUT2D eigenvalue weighted by Gasteiger charge is -2.05. The van der Waals surface area contributed by atoms with E-state index in [0.29, 0.717) is 15.6 Å². The Morgan fingerprint density at radius 2 is 2.00 bits per heavy atom. The van der Waals surface area contributed by atoms with Crippen molar-refractivity contribution in [3.05, 3.63) is 39.4 Å². The Balaban J connectivity index is 3.16. The number of esters is 1. The molecular formula is C13H12Cl2O3. The van der Waals surface area contributed by atoms with Gasteiger partial charge >= 0.3 is 5.97 Å². The molecule has 1 aromatic rings. The van der Waals surface area contributed by atoms with Crippen LogP contribution < -0.4 is 0 Å². The highest BCUT2D eigenvalue weighted by Gasteiger charge is 2.16. The summed E-state index contributed by atoms with van der Waals surface area (Å²) in [6.45, 7) is 3.18. The second kappa shape index (κ2) is 6.57. The molecule has 3 nitrogen and oxygen atoms in total. The van der Waals surface area contributed by atoms with Gasteiger partial charge in [0.2, 0.25) is 0 Å². The molecule has 96 valence electrons. The lowest BCUT2D eigenvalue weighted by Crippen LogP contribution is -2.13. The minimum Gasteiger partial charge on any atom is -0.462 e. The molecule has 0 fully saturated rings.